The molecular weight excluding hydrogens is 215 g/mol. The van der Waals surface area contributed by atoms with E-state index in [-0.39, 0.29) is 5.82 Å². The van der Waals surface area contributed by atoms with Crippen LogP contribution in [0.25, 0.3) is 0 Å². The molecule has 0 saturated carbocycles. The van der Waals surface area contributed by atoms with Crippen molar-refractivity contribution in [2.75, 3.05) is 13.6 Å². The molecule has 1 aromatic carbocycles. The molecule has 1 rings (SSSR count). The van der Waals surface area contributed by atoms with E-state index >= 15 is 0 Å². The third-order valence-corrected chi connectivity index (χ3v) is 3.19. The fraction of sp³-hybridized carbons (Fsp3) is 0.500. The van der Waals surface area contributed by atoms with Gasteiger partial charge in [0.25, 0.3) is 0 Å². The maximum Gasteiger partial charge on any atom is 0.126 e. The van der Waals surface area contributed by atoms with E-state index in [1.54, 1.807) is 13.0 Å². The monoisotopic (exact) mass is 234 g/mol. The van der Waals surface area contributed by atoms with Gasteiger partial charge < -0.3 is 0 Å². The Morgan fingerprint density at radius 1 is 1.41 bits per heavy atom. The van der Waals surface area contributed by atoms with Crippen molar-refractivity contribution >= 4 is 0 Å². The van der Waals surface area contributed by atoms with Gasteiger partial charge in [0.2, 0.25) is 0 Å². The summed E-state index contributed by atoms with van der Waals surface area (Å²) in [5.41, 5.74) is 1.31. The van der Waals surface area contributed by atoms with Crippen molar-refractivity contribution in [3.8, 4) is 6.07 Å². The second-order valence-corrected chi connectivity index (χ2v) is 4.93. The van der Waals surface area contributed by atoms with Gasteiger partial charge in [-0.25, -0.2) is 4.39 Å². The van der Waals surface area contributed by atoms with Crippen molar-refractivity contribution in [2.24, 2.45) is 0 Å². The fourth-order valence-electron chi connectivity index (χ4n) is 1.52. The third-order valence-electron chi connectivity index (χ3n) is 3.19. The number of likely N-dealkylation sites (N-methyl/N-ethyl adjacent to an activating group) is 1. The van der Waals surface area contributed by atoms with E-state index in [4.69, 9.17) is 5.26 Å². The predicted molar refractivity (Wildman–Crippen MR) is 67.2 cm³/mol. The second-order valence-electron chi connectivity index (χ2n) is 4.93. The fourth-order valence-corrected chi connectivity index (χ4v) is 1.52. The molecular formula is C14H19FN2. The van der Waals surface area contributed by atoms with Gasteiger partial charge in [0, 0.05) is 6.54 Å². The Bertz CT molecular complexity index is 432. The average Bonchev–Trinajstić information content (AvgIpc) is 2.30. The summed E-state index contributed by atoms with van der Waals surface area (Å²) in [6, 6.07) is 7.43. The van der Waals surface area contributed by atoms with Gasteiger partial charge in [-0.3, -0.25) is 4.90 Å². The van der Waals surface area contributed by atoms with E-state index < -0.39 is 5.54 Å². The number of rotatable bonds is 4. The van der Waals surface area contributed by atoms with Crippen LogP contribution in [0.1, 0.15) is 25.0 Å². The maximum atomic E-state index is 13.1. The van der Waals surface area contributed by atoms with E-state index in [1.165, 1.54) is 6.07 Å². The first-order chi connectivity index (χ1) is 7.86. The van der Waals surface area contributed by atoms with Gasteiger partial charge in [0.15, 0.2) is 0 Å². The minimum Gasteiger partial charge on any atom is -0.289 e. The van der Waals surface area contributed by atoms with Gasteiger partial charge >= 0.3 is 0 Å². The standard InChI is InChI=1S/C14H19FN2/c1-11-9-12(5-6-13(11)15)7-8-17(4)14(2,3)10-16/h5-6,9H,7-8H2,1-4H3. The zero-order chi connectivity index (χ0) is 13.1. The first-order valence-corrected chi connectivity index (χ1v) is 5.74. The van der Waals surface area contributed by atoms with Crippen LogP contribution in [0, 0.1) is 24.1 Å². The summed E-state index contributed by atoms with van der Waals surface area (Å²) in [5.74, 6) is -0.167. The lowest BCUT2D eigenvalue weighted by atomic mass is 10.0. The van der Waals surface area contributed by atoms with Crippen LogP contribution in [-0.2, 0) is 6.42 Å². The maximum absolute atomic E-state index is 13.1. The van der Waals surface area contributed by atoms with Crippen LogP contribution in [0.3, 0.4) is 0 Å². The van der Waals surface area contributed by atoms with Crippen molar-refractivity contribution in [1.29, 1.82) is 5.26 Å². The topological polar surface area (TPSA) is 27.0 Å². The van der Waals surface area contributed by atoms with Crippen molar-refractivity contribution in [2.45, 2.75) is 32.7 Å². The molecule has 92 valence electrons. The molecule has 0 amide bonds. The van der Waals surface area contributed by atoms with Gasteiger partial charge in [-0.05, 0) is 51.4 Å². The Balaban J connectivity index is 2.63. The number of hydrogen-bond acceptors (Lipinski definition) is 2. The number of benzene rings is 1. The van der Waals surface area contributed by atoms with Crippen LogP contribution in [0.4, 0.5) is 4.39 Å². The number of aryl methyl sites for hydroxylation is 1. The Morgan fingerprint density at radius 2 is 2.06 bits per heavy atom. The average molecular weight is 234 g/mol. The van der Waals surface area contributed by atoms with Crippen molar-refractivity contribution in [3.63, 3.8) is 0 Å². The summed E-state index contributed by atoms with van der Waals surface area (Å²) in [5, 5.41) is 9.00. The zero-order valence-corrected chi connectivity index (χ0v) is 10.9. The molecule has 0 heterocycles. The van der Waals surface area contributed by atoms with Crippen molar-refractivity contribution in [3.05, 3.63) is 35.1 Å². The SMILES string of the molecule is Cc1cc(CCN(C)C(C)(C)C#N)ccc1F. The normalized spacial score (nSPS) is 11.6. The quantitative estimate of drug-likeness (QED) is 0.801. The number of halogens is 1. The summed E-state index contributed by atoms with van der Waals surface area (Å²) < 4.78 is 13.1. The molecule has 0 aliphatic carbocycles. The van der Waals surface area contributed by atoms with Gasteiger partial charge in [0.05, 0.1) is 6.07 Å². The molecule has 0 unspecified atom stereocenters. The highest BCUT2D eigenvalue weighted by Crippen LogP contribution is 2.13. The summed E-state index contributed by atoms with van der Waals surface area (Å²) >= 11 is 0. The number of hydrogen-bond donors (Lipinski definition) is 0. The highest BCUT2D eigenvalue weighted by Gasteiger charge is 2.22. The van der Waals surface area contributed by atoms with Crippen LogP contribution in [0.15, 0.2) is 18.2 Å². The summed E-state index contributed by atoms with van der Waals surface area (Å²) in [6.45, 7) is 6.33. The first kappa shape index (κ1) is 13.7. The minimum absolute atomic E-state index is 0.167. The minimum atomic E-state index is -0.463. The third kappa shape index (κ3) is 3.54. The molecule has 0 saturated heterocycles. The molecule has 2 nitrogen and oxygen atoms in total. The smallest absolute Gasteiger partial charge is 0.126 e. The van der Waals surface area contributed by atoms with E-state index in [0.29, 0.717) is 5.56 Å². The van der Waals surface area contributed by atoms with Crippen LogP contribution in [0.5, 0.6) is 0 Å². The number of nitriles is 1. The largest absolute Gasteiger partial charge is 0.289 e. The molecule has 0 spiro atoms. The Hall–Kier alpha value is -1.40. The molecule has 0 bridgehead atoms. The Morgan fingerprint density at radius 3 is 2.59 bits per heavy atom. The van der Waals surface area contributed by atoms with E-state index in [0.717, 1.165) is 18.5 Å². The zero-order valence-electron chi connectivity index (χ0n) is 10.9. The van der Waals surface area contributed by atoms with Crippen LogP contribution in [0.2, 0.25) is 0 Å². The van der Waals surface area contributed by atoms with Crippen LogP contribution >= 0.6 is 0 Å². The van der Waals surface area contributed by atoms with Crippen LogP contribution in [-0.4, -0.2) is 24.0 Å². The van der Waals surface area contributed by atoms with Gasteiger partial charge in [0.1, 0.15) is 11.4 Å². The molecule has 1 aromatic rings. The molecule has 0 aromatic heterocycles. The first-order valence-electron chi connectivity index (χ1n) is 5.74. The summed E-state index contributed by atoms with van der Waals surface area (Å²) in [4.78, 5) is 2.01. The van der Waals surface area contributed by atoms with E-state index in [1.807, 2.05) is 31.9 Å². The lowest BCUT2D eigenvalue weighted by Gasteiger charge is -2.28. The molecule has 17 heavy (non-hydrogen) atoms. The van der Waals surface area contributed by atoms with Gasteiger partial charge in [-0.2, -0.15) is 5.26 Å². The van der Waals surface area contributed by atoms with Crippen molar-refractivity contribution < 1.29 is 4.39 Å². The Labute approximate surface area is 103 Å². The molecule has 0 fully saturated rings. The molecule has 3 heteroatoms. The molecule has 0 radical (unpaired) electrons. The highest BCUT2D eigenvalue weighted by molar-refractivity contribution is 5.24. The predicted octanol–water partition coefficient (Wildman–Crippen LogP) is 2.91. The lowest BCUT2D eigenvalue weighted by Crippen LogP contribution is -2.40. The van der Waals surface area contributed by atoms with Crippen molar-refractivity contribution in [1.82, 2.24) is 4.90 Å². The summed E-state index contributed by atoms with van der Waals surface area (Å²) in [7, 11) is 1.93. The molecule has 0 aliphatic heterocycles. The van der Waals surface area contributed by atoms with Crippen LogP contribution < -0.4 is 0 Å². The van der Waals surface area contributed by atoms with E-state index in [9.17, 15) is 4.39 Å². The number of nitrogens with zero attached hydrogens (tertiary/aromatic N) is 2. The second kappa shape index (κ2) is 5.29. The molecule has 0 aliphatic rings. The molecule has 0 atom stereocenters. The molecule has 0 N–H and O–H groups in total. The van der Waals surface area contributed by atoms with E-state index in [2.05, 4.69) is 6.07 Å². The summed E-state index contributed by atoms with van der Waals surface area (Å²) in [6.07, 6.45) is 0.822. The Kier molecular flexibility index (Phi) is 4.25. The highest BCUT2D eigenvalue weighted by atomic mass is 19.1. The van der Waals surface area contributed by atoms with Gasteiger partial charge in [-0.1, -0.05) is 12.1 Å². The lowest BCUT2D eigenvalue weighted by molar-refractivity contribution is 0.214. The van der Waals surface area contributed by atoms with Gasteiger partial charge in [-0.15, -0.1) is 0 Å².